The molecule has 0 aromatic heterocycles. The van der Waals surface area contributed by atoms with Crippen LogP contribution in [0.5, 0.6) is 0 Å². The van der Waals surface area contributed by atoms with Crippen LogP contribution in [0.2, 0.25) is 0 Å². The fraction of sp³-hybridized carbons (Fsp3) is 0.667. The van der Waals surface area contributed by atoms with Crippen LogP contribution in [0.3, 0.4) is 0 Å². The van der Waals surface area contributed by atoms with E-state index in [1.165, 1.54) is 63.4 Å². The van der Waals surface area contributed by atoms with Gasteiger partial charge >= 0.3 is 6.03 Å². The first-order chi connectivity index (χ1) is 12.2. The molecule has 0 heterocycles. The van der Waals surface area contributed by atoms with E-state index >= 15 is 0 Å². The number of hydrogen-bond donors (Lipinski definition) is 2. The van der Waals surface area contributed by atoms with Crippen LogP contribution >= 0.6 is 15.9 Å². The largest absolute Gasteiger partial charge is 0.338 e. The van der Waals surface area contributed by atoms with E-state index in [2.05, 4.69) is 38.7 Å². The van der Waals surface area contributed by atoms with Crippen molar-refractivity contribution in [1.82, 2.24) is 10.6 Å². The standard InChI is InChI=1S/C21H33BrN2O/c22-19-14-12-18(13-15-19)16-17-23-21(25)24-20-10-8-6-4-2-1-3-5-7-9-11-20/h12-15,20H,1-11,16-17H2,(H2,23,24,25). The summed E-state index contributed by atoms with van der Waals surface area (Å²) in [5.41, 5.74) is 1.24. The molecule has 0 atom stereocenters. The summed E-state index contributed by atoms with van der Waals surface area (Å²) in [7, 11) is 0. The Kier molecular flexibility index (Phi) is 10.0. The molecule has 0 spiro atoms. The second kappa shape index (κ2) is 12.3. The molecule has 2 N–H and O–H groups in total. The van der Waals surface area contributed by atoms with Crippen molar-refractivity contribution in [2.45, 2.75) is 83.1 Å². The Labute approximate surface area is 161 Å². The Morgan fingerprint density at radius 1 is 0.880 bits per heavy atom. The third-order valence-corrected chi connectivity index (χ3v) is 5.58. The number of carbonyl (C=O) groups excluding carboxylic acids is 1. The van der Waals surface area contributed by atoms with Crippen molar-refractivity contribution < 1.29 is 4.79 Å². The average molecular weight is 409 g/mol. The van der Waals surface area contributed by atoms with Gasteiger partial charge in [0.05, 0.1) is 0 Å². The van der Waals surface area contributed by atoms with E-state index in [1.54, 1.807) is 0 Å². The van der Waals surface area contributed by atoms with E-state index < -0.39 is 0 Å². The molecule has 0 radical (unpaired) electrons. The molecule has 2 rings (SSSR count). The van der Waals surface area contributed by atoms with Crippen molar-refractivity contribution in [1.29, 1.82) is 0 Å². The first-order valence-corrected chi connectivity index (χ1v) is 10.8. The molecule has 1 fully saturated rings. The van der Waals surface area contributed by atoms with Gasteiger partial charge < -0.3 is 10.6 Å². The second-order valence-electron chi connectivity index (χ2n) is 7.23. The van der Waals surface area contributed by atoms with Crippen LogP contribution in [0.25, 0.3) is 0 Å². The molecule has 1 aromatic carbocycles. The number of halogens is 1. The van der Waals surface area contributed by atoms with Gasteiger partial charge in [0.25, 0.3) is 0 Å². The Bertz CT molecular complexity index is 477. The molecule has 140 valence electrons. The Morgan fingerprint density at radius 3 is 1.96 bits per heavy atom. The van der Waals surface area contributed by atoms with Gasteiger partial charge in [0.15, 0.2) is 0 Å². The monoisotopic (exact) mass is 408 g/mol. The molecule has 1 aliphatic carbocycles. The Hall–Kier alpha value is -1.03. The highest BCUT2D eigenvalue weighted by Gasteiger charge is 2.12. The summed E-state index contributed by atoms with van der Waals surface area (Å²) in [5, 5.41) is 6.23. The van der Waals surface area contributed by atoms with Gasteiger partial charge in [0.2, 0.25) is 0 Å². The lowest BCUT2D eigenvalue weighted by molar-refractivity contribution is 0.234. The summed E-state index contributed by atoms with van der Waals surface area (Å²) in [6.07, 6.45) is 15.1. The van der Waals surface area contributed by atoms with Gasteiger partial charge in [-0.2, -0.15) is 0 Å². The maximum Gasteiger partial charge on any atom is 0.315 e. The molecule has 0 aliphatic heterocycles. The van der Waals surface area contributed by atoms with Crippen molar-refractivity contribution in [3.63, 3.8) is 0 Å². The molecule has 25 heavy (non-hydrogen) atoms. The van der Waals surface area contributed by atoms with Crippen LogP contribution in [0, 0.1) is 0 Å². The number of urea groups is 1. The number of rotatable bonds is 4. The van der Waals surface area contributed by atoms with Crippen molar-refractivity contribution in [3.05, 3.63) is 34.3 Å². The SMILES string of the molecule is O=C(NCCc1ccc(Br)cc1)NC1CCCCCCCCCCC1. The number of amides is 2. The fourth-order valence-corrected chi connectivity index (χ4v) is 3.78. The van der Waals surface area contributed by atoms with Crippen molar-refractivity contribution in [2.24, 2.45) is 0 Å². The van der Waals surface area contributed by atoms with Crippen LogP contribution in [-0.2, 0) is 6.42 Å². The van der Waals surface area contributed by atoms with Crippen molar-refractivity contribution >= 4 is 22.0 Å². The zero-order valence-corrected chi connectivity index (χ0v) is 17.0. The van der Waals surface area contributed by atoms with Crippen LogP contribution in [0.4, 0.5) is 4.79 Å². The lowest BCUT2D eigenvalue weighted by atomic mass is 9.98. The maximum absolute atomic E-state index is 12.2. The molecule has 1 aromatic rings. The maximum atomic E-state index is 12.2. The van der Waals surface area contributed by atoms with Gasteiger partial charge in [-0.3, -0.25) is 0 Å². The molecule has 0 bridgehead atoms. The predicted molar refractivity (Wildman–Crippen MR) is 109 cm³/mol. The zero-order valence-electron chi connectivity index (χ0n) is 15.4. The van der Waals surface area contributed by atoms with Crippen LogP contribution in [0.15, 0.2) is 28.7 Å². The number of benzene rings is 1. The summed E-state index contributed by atoms with van der Waals surface area (Å²) in [6, 6.07) is 8.61. The number of carbonyl (C=O) groups is 1. The summed E-state index contributed by atoms with van der Waals surface area (Å²) in [6.45, 7) is 0.681. The third-order valence-electron chi connectivity index (χ3n) is 5.05. The topological polar surface area (TPSA) is 41.1 Å². The van der Waals surface area contributed by atoms with E-state index in [-0.39, 0.29) is 6.03 Å². The summed E-state index contributed by atoms with van der Waals surface area (Å²) < 4.78 is 1.09. The van der Waals surface area contributed by atoms with Crippen LogP contribution < -0.4 is 10.6 Å². The molecule has 0 unspecified atom stereocenters. The molecule has 3 nitrogen and oxygen atoms in total. The lowest BCUT2D eigenvalue weighted by Crippen LogP contribution is -2.42. The minimum absolute atomic E-state index is 0.00536. The summed E-state index contributed by atoms with van der Waals surface area (Å²) in [5.74, 6) is 0. The van der Waals surface area contributed by atoms with E-state index in [1.807, 2.05) is 12.1 Å². The van der Waals surface area contributed by atoms with Crippen LogP contribution in [0.1, 0.15) is 76.2 Å². The Balaban J connectivity index is 1.67. The molecule has 1 aliphatic rings. The number of nitrogens with one attached hydrogen (secondary N) is 2. The lowest BCUT2D eigenvalue weighted by Gasteiger charge is -2.20. The fourth-order valence-electron chi connectivity index (χ4n) is 3.52. The highest BCUT2D eigenvalue weighted by Crippen LogP contribution is 2.17. The number of hydrogen-bond acceptors (Lipinski definition) is 1. The smallest absolute Gasteiger partial charge is 0.315 e. The minimum Gasteiger partial charge on any atom is -0.338 e. The minimum atomic E-state index is -0.00536. The van der Waals surface area contributed by atoms with Crippen molar-refractivity contribution in [2.75, 3.05) is 6.54 Å². The molecule has 0 saturated heterocycles. The predicted octanol–water partition coefficient (Wildman–Crippen LogP) is 5.96. The van der Waals surface area contributed by atoms with Gasteiger partial charge in [0.1, 0.15) is 0 Å². The first-order valence-electron chi connectivity index (χ1n) is 10.0. The second-order valence-corrected chi connectivity index (χ2v) is 8.15. The third kappa shape index (κ3) is 9.29. The highest BCUT2D eigenvalue weighted by molar-refractivity contribution is 9.10. The van der Waals surface area contributed by atoms with E-state index in [0.29, 0.717) is 12.6 Å². The molecular formula is C21H33BrN2O. The highest BCUT2D eigenvalue weighted by atomic mass is 79.9. The summed E-state index contributed by atoms with van der Waals surface area (Å²) >= 11 is 3.44. The van der Waals surface area contributed by atoms with Gasteiger partial charge in [-0.1, -0.05) is 85.9 Å². The molecule has 1 saturated carbocycles. The normalized spacial score (nSPS) is 18.0. The quantitative estimate of drug-likeness (QED) is 0.633. The van der Waals surface area contributed by atoms with Gasteiger partial charge in [-0.15, -0.1) is 0 Å². The molecular weight excluding hydrogens is 376 g/mol. The van der Waals surface area contributed by atoms with E-state index in [9.17, 15) is 4.79 Å². The molecule has 2 amide bonds. The van der Waals surface area contributed by atoms with Crippen LogP contribution in [-0.4, -0.2) is 18.6 Å². The Morgan fingerprint density at radius 2 is 1.40 bits per heavy atom. The molecule has 4 heteroatoms. The average Bonchev–Trinajstić information content (AvgIpc) is 2.59. The van der Waals surface area contributed by atoms with Crippen molar-refractivity contribution in [3.8, 4) is 0 Å². The van der Waals surface area contributed by atoms with E-state index in [0.717, 1.165) is 23.7 Å². The van der Waals surface area contributed by atoms with E-state index in [4.69, 9.17) is 0 Å². The van der Waals surface area contributed by atoms with Gasteiger partial charge in [-0.05, 0) is 37.0 Å². The first kappa shape index (κ1) is 20.3. The van der Waals surface area contributed by atoms with Gasteiger partial charge in [0, 0.05) is 17.1 Å². The van der Waals surface area contributed by atoms with Gasteiger partial charge in [-0.25, -0.2) is 4.79 Å². The summed E-state index contributed by atoms with van der Waals surface area (Å²) in [4.78, 5) is 12.2. The zero-order chi connectivity index (χ0) is 17.7.